The molecule has 4 nitrogen and oxygen atoms in total. The fourth-order valence-electron chi connectivity index (χ4n) is 2.35. The molecule has 0 aliphatic heterocycles. The Balaban J connectivity index is 2.25. The first-order valence-corrected chi connectivity index (χ1v) is 9.22. The molecule has 0 atom stereocenters. The molecule has 2 rings (SSSR count). The minimum atomic E-state index is -3.39. The van der Waals surface area contributed by atoms with E-state index >= 15 is 0 Å². The molecular formula is C14H22N2O2S2. The molecule has 0 aromatic heterocycles. The van der Waals surface area contributed by atoms with E-state index in [0.29, 0.717) is 15.8 Å². The van der Waals surface area contributed by atoms with Gasteiger partial charge < -0.3 is 5.73 Å². The van der Waals surface area contributed by atoms with E-state index in [-0.39, 0.29) is 0 Å². The average molecular weight is 314 g/mol. The van der Waals surface area contributed by atoms with E-state index in [1.807, 2.05) is 0 Å². The second kappa shape index (κ2) is 6.37. The van der Waals surface area contributed by atoms with Crippen molar-refractivity contribution in [1.29, 1.82) is 0 Å². The van der Waals surface area contributed by atoms with E-state index in [1.54, 1.807) is 44.1 Å². The quantitative estimate of drug-likeness (QED) is 0.868. The standard InChI is InChI=1S/C14H22N2O2S2/c1-16(2)20(17,18)12-8-9-13(15)14(10-12)19-11-6-4-3-5-7-11/h8-11H,3-7,15H2,1-2H3. The van der Waals surface area contributed by atoms with Gasteiger partial charge in [-0.05, 0) is 31.0 Å². The minimum absolute atomic E-state index is 0.315. The maximum absolute atomic E-state index is 12.2. The van der Waals surface area contributed by atoms with Crippen molar-refractivity contribution in [2.75, 3.05) is 19.8 Å². The number of thioether (sulfide) groups is 1. The van der Waals surface area contributed by atoms with Crippen LogP contribution in [0.1, 0.15) is 32.1 Å². The number of nitrogen functional groups attached to an aromatic ring is 1. The Morgan fingerprint density at radius 2 is 1.85 bits per heavy atom. The van der Waals surface area contributed by atoms with Crippen LogP contribution < -0.4 is 5.73 Å². The SMILES string of the molecule is CN(C)S(=O)(=O)c1ccc(N)c(SC2CCCCC2)c1. The van der Waals surface area contributed by atoms with Gasteiger partial charge in [-0.3, -0.25) is 0 Å². The lowest BCUT2D eigenvalue weighted by molar-refractivity contribution is 0.516. The van der Waals surface area contributed by atoms with E-state index in [1.165, 1.54) is 36.4 Å². The smallest absolute Gasteiger partial charge is 0.242 e. The van der Waals surface area contributed by atoms with Crippen LogP contribution in [-0.2, 0) is 10.0 Å². The predicted molar refractivity (Wildman–Crippen MR) is 84.5 cm³/mol. The van der Waals surface area contributed by atoms with Gasteiger partial charge >= 0.3 is 0 Å². The summed E-state index contributed by atoms with van der Waals surface area (Å²) < 4.78 is 25.6. The van der Waals surface area contributed by atoms with Gasteiger partial charge in [0.2, 0.25) is 10.0 Å². The zero-order chi connectivity index (χ0) is 14.8. The van der Waals surface area contributed by atoms with Crippen LogP contribution in [0.25, 0.3) is 0 Å². The van der Waals surface area contributed by atoms with Gasteiger partial charge in [0.05, 0.1) is 4.90 Å². The van der Waals surface area contributed by atoms with Gasteiger partial charge in [-0.15, -0.1) is 11.8 Å². The van der Waals surface area contributed by atoms with E-state index in [2.05, 4.69) is 0 Å². The highest BCUT2D eigenvalue weighted by Crippen LogP contribution is 2.37. The molecule has 6 heteroatoms. The highest BCUT2D eigenvalue weighted by Gasteiger charge is 2.20. The third-order valence-electron chi connectivity index (χ3n) is 3.61. The number of hydrogen-bond donors (Lipinski definition) is 1. The van der Waals surface area contributed by atoms with Crippen molar-refractivity contribution >= 4 is 27.5 Å². The Labute approximate surface area is 125 Å². The Morgan fingerprint density at radius 3 is 2.45 bits per heavy atom. The third kappa shape index (κ3) is 3.48. The fourth-order valence-corrected chi connectivity index (χ4v) is 4.68. The van der Waals surface area contributed by atoms with Crippen molar-refractivity contribution in [1.82, 2.24) is 4.31 Å². The van der Waals surface area contributed by atoms with Gasteiger partial charge in [0.25, 0.3) is 0 Å². The first-order valence-electron chi connectivity index (χ1n) is 6.90. The summed E-state index contributed by atoms with van der Waals surface area (Å²) in [5.41, 5.74) is 6.66. The molecule has 1 aromatic carbocycles. The Morgan fingerprint density at radius 1 is 1.20 bits per heavy atom. The summed E-state index contributed by atoms with van der Waals surface area (Å²) in [6.07, 6.45) is 6.20. The molecule has 0 heterocycles. The highest BCUT2D eigenvalue weighted by atomic mass is 32.2. The molecule has 1 fully saturated rings. The molecule has 2 N–H and O–H groups in total. The second-order valence-electron chi connectivity index (χ2n) is 5.36. The monoisotopic (exact) mass is 314 g/mol. The molecule has 0 spiro atoms. The third-order valence-corrected chi connectivity index (χ3v) is 6.83. The van der Waals surface area contributed by atoms with E-state index < -0.39 is 10.0 Å². The molecule has 0 amide bonds. The minimum Gasteiger partial charge on any atom is -0.398 e. The normalized spacial score (nSPS) is 17.6. The summed E-state index contributed by atoms with van der Waals surface area (Å²) in [5, 5.41) is 0.559. The van der Waals surface area contributed by atoms with Gasteiger partial charge in [-0.1, -0.05) is 19.3 Å². The number of benzene rings is 1. The fraction of sp³-hybridized carbons (Fsp3) is 0.571. The first-order chi connectivity index (χ1) is 9.41. The lowest BCUT2D eigenvalue weighted by atomic mass is 10.0. The summed E-state index contributed by atoms with van der Waals surface area (Å²) in [6.45, 7) is 0. The van der Waals surface area contributed by atoms with Crippen LogP contribution in [0.2, 0.25) is 0 Å². The molecule has 1 aromatic rings. The molecule has 1 saturated carbocycles. The summed E-state index contributed by atoms with van der Waals surface area (Å²) in [7, 11) is -0.310. The van der Waals surface area contributed by atoms with Crippen molar-refractivity contribution in [3.63, 3.8) is 0 Å². The lowest BCUT2D eigenvalue weighted by Crippen LogP contribution is -2.22. The summed E-state index contributed by atoms with van der Waals surface area (Å²) in [4.78, 5) is 1.20. The lowest BCUT2D eigenvalue weighted by Gasteiger charge is -2.22. The second-order valence-corrected chi connectivity index (χ2v) is 8.86. The number of nitrogens with two attached hydrogens (primary N) is 1. The molecule has 20 heavy (non-hydrogen) atoms. The van der Waals surface area contributed by atoms with Crippen molar-refractivity contribution in [3.05, 3.63) is 18.2 Å². The van der Waals surface area contributed by atoms with Gasteiger partial charge in [0.15, 0.2) is 0 Å². The number of hydrogen-bond acceptors (Lipinski definition) is 4. The summed E-state index contributed by atoms with van der Waals surface area (Å²) >= 11 is 1.73. The number of nitrogens with zero attached hydrogens (tertiary/aromatic N) is 1. The van der Waals surface area contributed by atoms with Crippen LogP contribution in [0.3, 0.4) is 0 Å². The molecule has 112 valence electrons. The van der Waals surface area contributed by atoms with Crippen molar-refractivity contribution in [3.8, 4) is 0 Å². The van der Waals surface area contributed by atoms with Crippen LogP contribution in [-0.4, -0.2) is 32.1 Å². The molecular weight excluding hydrogens is 292 g/mol. The molecule has 0 saturated heterocycles. The van der Waals surface area contributed by atoms with Crippen molar-refractivity contribution in [2.45, 2.75) is 47.1 Å². The summed E-state index contributed by atoms with van der Waals surface area (Å²) in [5.74, 6) is 0. The summed E-state index contributed by atoms with van der Waals surface area (Å²) in [6, 6.07) is 4.99. The zero-order valence-corrected chi connectivity index (χ0v) is 13.6. The Kier molecular flexibility index (Phi) is 4.99. The molecule has 0 unspecified atom stereocenters. The van der Waals surface area contributed by atoms with E-state index in [0.717, 1.165) is 4.90 Å². The highest BCUT2D eigenvalue weighted by molar-refractivity contribution is 8.00. The molecule has 0 bridgehead atoms. The van der Waals surface area contributed by atoms with Crippen molar-refractivity contribution in [2.24, 2.45) is 0 Å². The van der Waals surface area contributed by atoms with Gasteiger partial charge in [0, 0.05) is 29.9 Å². The zero-order valence-electron chi connectivity index (χ0n) is 12.0. The largest absolute Gasteiger partial charge is 0.398 e. The molecule has 1 aliphatic rings. The number of sulfonamides is 1. The topological polar surface area (TPSA) is 63.4 Å². The number of rotatable bonds is 4. The van der Waals surface area contributed by atoms with Crippen LogP contribution >= 0.6 is 11.8 Å². The van der Waals surface area contributed by atoms with E-state index in [4.69, 9.17) is 5.73 Å². The van der Waals surface area contributed by atoms with Crippen LogP contribution in [0, 0.1) is 0 Å². The predicted octanol–water partition coefficient (Wildman–Crippen LogP) is 2.94. The van der Waals surface area contributed by atoms with Gasteiger partial charge in [-0.25, -0.2) is 12.7 Å². The van der Waals surface area contributed by atoms with E-state index in [9.17, 15) is 8.42 Å². The Hall–Kier alpha value is -0.720. The molecule has 0 radical (unpaired) electrons. The average Bonchev–Trinajstić information content (AvgIpc) is 2.42. The first kappa shape index (κ1) is 15.7. The van der Waals surface area contributed by atoms with Gasteiger partial charge in [0.1, 0.15) is 0 Å². The maximum Gasteiger partial charge on any atom is 0.242 e. The van der Waals surface area contributed by atoms with Crippen LogP contribution in [0.15, 0.2) is 28.0 Å². The number of anilines is 1. The Bertz CT molecular complexity index is 565. The maximum atomic E-state index is 12.2. The van der Waals surface area contributed by atoms with Crippen LogP contribution in [0.4, 0.5) is 5.69 Å². The molecule has 1 aliphatic carbocycles. The van der Waals surface area contributed by atoms with Crippen LogP contribution in [0.5, 0.6) is 0 Å². The van der Waals surface area contributed by atoms with Gasteiger partial charge in [-0.2, -0.15) is 0 Å². The van der Waals surface area contributed by atoms with Crippen molar-refractivity contribution < 1.29 is 8.42 Å².